The van der Waals surface area contributed by atoms with Gasteiger partial charge >= 0.3 is 0 Å². The molecular weight excluding hydrogens is 288 g/mol. The van der Waals surface area contributed by atoms with Crippen molar-refractivity contribution in [3.63, 3.8) is 0 Å². The summed E-state index contributed by atoms with van der Waals surface area (Å²) in [5, 5.41) is 13.6. The standard InChI is InChI=1S/C12H13ClN2O3S/c13-11-7-9(15(17)18)1-2-10(11)12(16)14-8-3-5-19-6-4-8/h1-2,7-8H,3-6H2,(H,14,16). The molecule has 0 bridgehead atoms. The molecule has 2 rings (SSSR count). The molecule has 0 saturated carbocycles. The molecule has 1 amide bonds. The molecule has 1 aromatic rings. The van der Waals surface area contributed by atoms with Gasteiger partial charge in [0.05, 0.1) is 15.5 Å². The van der Waals surface area contributed by atoms with Crippen molar-refractivity contribution in [3.05, 3.63) is 38.9 Å². The predicted octanol–water partition coefficient (Wildman–Crippen LogP) is 2.87. The van der Waals surface area contributed by atoms with E-state index in [0.29, 0.717) is 0 Å². The van der Waals surface area contributed by atoms with Crippen molar-refractivity contribution in [2.45, 2.75) is 18.9 Å². The molecule has 7 heteroatoms. The maximum atomic E-state index is 12.0. The van der Waals surface area contributed by atoms with E-state index in [4.69, 9.17) is 11.6 Å². The van der Waals surface area contributed by atoms with Crippen LogP contribution in [0.1, 0.15) is 23.2 Å². The van der Waals surface area contributed by atoms with E-state index in [1.54, 1.807) is 0 Å². The van der Waals surface area contributed by atoms with Crippen LogP contribution in [0.4, 0.5) is 5.69 Å². The first kappa shape index (κ1) is 14.1. The zero-order valence-corrected chi connectivity index (χ0v) is 11.7. The highest BCUT2D eigenvalue weighted by atomic mass is 35.5. The van der Waals surface area contributed by atoms with Crippen molar-refractivity contribution < 1.29 is 9.72 Å². The summed E-state index contributed by atoms with van der Waals surface area (Å²) in [6.45, 7) is 0. The topological polar surface area (TPSA) is 72.2 Å². The second-order valence-electron chi connectivity index (χ2n) is 4.28. The fourth-order valence-electron chi connectivity index (χ4n) is 1.91. The number of hydrogen-bond acceptors (Lipinski definition) is 4. The molecule has 19 heavy (non-hydrogen) atoms. The lowest BCUT2D eigenvalue weighted by Gasteiger charge is -2.22. The number of amides is 1. The summed E-state index contributed by atoms with van der Waals surface area (Å²) in [6.07, 6.45) is 1.89. The van der Waals surface area contributed by atoms with Crippen molar-refractivity contribution >= 4 is 35.0 Å². The molecule has 1 saturated heterocycles. The number of nitro benzene ring substituents is 1. The second-order valence-corrected chi connectivity index (χ2v) is 5.91. The number of carbonyl (C=O) groups excluding carboxylic acids is 1. The fraction of sp³-hybridized carbons (Fsp3) is 0.417. The highest BCUT2D eigenvalue weighted by molar-refractivity contribution is 7.99. The molecule has 102 valence electrons. The first-order chi connectivity index (χ1) is 9.08. The van der Waals surface area contributed by atoms with E-state index in [-0.39, 0.29) is 28.2 Å². The lowest BCUT2D eigenvalue weighted by Crippen LogP contribution is -2.37. The third-order valence-corrected chi connectivity index (χ3v) is 4.33. The molecule has 0 spiro atoms. The largest absolute Gasteiger partial charge is 0.349 e. The molecule has 1 aliphatic heterocycles. The summed E-state index contributed by atoms with van der Waals surface area (Å²) in [7, 11) is 0. The van der Waals surface area contributed by atoms with Crippen LogP contribution in [0.25, 0.3) is 0 Å². The fourth-order valence-corrected chi connectivity index (χ4v) is 3.27. The normalized spacial score (nSPS) is 16.1. The van der Waals surface area contributed by atoms with E-state index in [2.05, 4.69) is 5.32 Å². The number of nitro groups is 1. The summed E-state index contributed by atoms with van der Waals surface area (Å²) in [4.78, 5) is 22.1. The number of nitrogens with one attached hydrogen (secondary N) is 1. The number of rotatable bonds is 3. The molecular formula is C12H13ClN2O3S. The van der Waals surface area contributed by atoms with Gasteiger partial charge in [-0.15, -0.1) is 0 Å². The predicted molar refractivity (Wildman–Crippen MR) is 75.9 cm³/mol. The number of thioether (sulfide) groups is 1. The highest BCUT2D eigenvalue weighted by Crippen LogP contribution is 2.23. The zero-order valence-electron chi connectivity index (χ0n) is 10.1. The molecule has 1 N–H and O–H groups in total. The Bertz CT molecular complexity index is 504. The maximum absolute atomic E-state index is 12.0. The Kier molecular flexibility index (Phi) is 4.66. The molecule has 0 unspecified atom stereocenters. The van der Waals surface area contributed by atoms with E-state index in [1.807, 2.05) is 11.8 Å². The third-order valence-electron chi connectivity index (χ3n) is 2.96. The SMILES string of the molecule is O=C(NC1CCSCC1)c1ccc([N+](=O)[O-])cc1Cl. The minimum Gasteiger partial charge on any atom is -0.349 e. The number of non-ortho nitro benzene ring substituents is 1. The highest BCUT2D eigenvalue weighted by Gasteiger charge is 2.19. The molecule has 0 radical (unpaired) electrons. The molecule has 1 fully saturated rings. The van der Waals surface area contributed by atoms with Crippen LogP contribution < -0.4 is 5.32 Å². The Morgan fingerprint density at radius 1 is 1.42 bits per heavy atom. The van der Waals surface area contributed by atoms with Crippen LogP contribution in [0.2, 0.25) is 5.02 Å². The Hall–Kier alpha value is -1.27. The second kappa shape index (κ2) is 6.25. The lowest BCUT2D eigenvalue weighted by molar-refractivity contribution is -0.384. The minimum atomic E-state index is -0.536. The smallest absolute Gasteiger partial charge is 0.270 e. The van der Waals surface area contributed by atoms with Crippen molar-refractivity contribution in [3.8, 4) is 0 Å². The van der Waals surface area contributed by atoms with Gasteiger partial charge in [-0.1, -0.05) is 11.6 Å². The van der Waals surface area contributed by atoms with Crippen LogP contribution in [-0.4, -0.2) is 28.4 Å². The molecule has 1 heterocycles. The van der Waals surface area contributed by atoms with E-state index < -0.39 is 4.92 Å². The molecule has 1 aliphatic rings. The Labute approximate surface area is 119 Å². The first-order valence-corrected chi connectivity index (χ1v) is 7.44. The summed E-state index contributed by atoms with van der Waals surface area (Å²) >= 11 is 7.79. The Morgan fingerprint density at radius 2 is 2.11 bits per heavy atom. The van der Waals surface area contributed by atoms with Crippen molar-refractivity contribution in [2.24, 2.45) is 0 Å². The number of hydrogen-bond donors (Lipinski definition) is 1. The molecule has 0 atom stereocenters. The van der Waals surface area contributed by atoms with Gasteiger partial charge in [0.15, 0.2) is 0 Å². The van der Waals surface area contributed by atoms with E-state index >= 15 is 0 Å². The molecule has 0 aromatic heterocycles. The maximum Gasteiger partial charge on any atom is 0.270 e. The quantitative estimate of drug-likeness (QED) is 0.688. The average Bonchev–Trinajstić information content (AvgIpc) is 2.39. The van der Waals surface area contributed by atoms with Crippen LogP contribution in [-0.2, 0) is 0 Å². The van der Waals surface area contributed by atoms with Gasteiger partial charge in [-0.05, 0) is 30.4 Å². The third kappa shape index (κ3) is 3.61. The first-order valence-electron chi connectivity index (χ1n) is 5.90. The van der Waals surface area contributed by atoms with Gasteiger partial charge in [0.2, 0.25) is 0 Å². The lowest BCUT2D eigenvalue weighted by atomic mass is 10.1. The van der Waals surface area contributed by atoms with Gasteiger partial charge in [-0.3, -0.25) is 14.9 Å². The van der Waals surface area contributed by atoms with Crippen molar-refractivity contribution in [1.29, 1.82) is 0 Å². The number of nitrogens with zero attached hydrogens (tertiary/aromatic N) is 1. The van der Waals surface area contributed by atoms with Gasteiger partial charge in [-0.25, -0.2) is 0 Å². The van der Waals surface area contributed by atoms with Crippen LogP contribution in [0, 0.1) is 10.1 Å². The van der Waals surface area contributed by atoms with Gasteiger partial charge in [0.25, 0.3) is 11.6 Å². The van der Waals surface area contributed by atoms with E-state index in [0.717, 1.165) is 24.3 Å². The monoisotopic (exact) mass is 300 g/mol. The summed E-state index contributed by atoms with van der Waals surface area (Å²) in [6, 6.07) is 4.05. The van der Waals surface area contributed by atoms with Crippen LogP contribution in [0.15, 0.2) is 18.2 Å². The van der Waals surface area contributed by atoms with Gasteiger partial charge in [0, 0.05) is 18.2 Å². The molecule has 5 nitrogen and oxygen atoms in total. The zero-order chi connectivity index (χ0) is 13.8. The number of carbonyl (C=O) groups is 1. The number of benzene rings is 1. The van der Waals surface area contributed by atoms with Gasteiger partial charge in [-0.2, -0.15) is 11.8 Å². The summed E-state index contributed by atoms with van der Waals surface area (Å²) < 4.78 is 0. The number of halogens is 1. The van der Waals surface area contributed by atoms with Gasteiger partial charge < -0.3 is 5.32 Å². The van der Waals surface area contributed by atoms with Crippen molar-refractivity contribution in [2.75, 3.05) is 11.5 Å². The Balaban J connectivity index is 2.08. The van der Waals surface area contributed by atoms with Crippen LogP contribution in [0.3, 0.4) is 0 Å². The summed E-state index contributed by atoms with van der Waals surface area (Å²) in [5.41, 5.74) is 0.168. The average molecular weight is 301 g/mol. The van der Waals surface area contributed by atoms with E-state index in [9.17, 15) is 14.9 Å². The molecule has 1 aromatic carbocycles. The molecule has 0 aliphatic carbocycles. The van der Waals surface area contributed by atoms with Crippen LogP contribution >= 0.6 is 23.4 Å². The minimum absolute atomic E-state index is 0.108. The van der Waals surface area contributed by atoms with Gasteiger partial charge in [0.1, 0.15) is 0 Å². The Morgan fingerprint density at radius 3 is 2.68 bits per heavy atom. The van der Waals surface area contributed by atoms with E-state index in [1.165, 1.54) is 18.2 Å². The van der Waals surface area contributed by atoms with Crippen LogP contribution in [0.5, 0.6) is 0 Å². The van der Waals surface area contributed by atoms with Crippen molar-refractivity contribution in [1.82, 2.24) is 5.32 Å². The summed E-state index contributed by atoms with van der Waals surface area (Å²) in [5.74, 6) is 1.81.